The first-order valence-electron chi connectivity index (χ1n) is 9.74. The third-order valence-electron chi connectivity index (χ3n) is 5.31. The SMILES string of the molecule is N[C@H]1[C@@H](O[C@H]2[C@H](O)[C@@H](O)[C@H](Oc3ccc([N+](=O)[O-])cc3)O[C@@H]2C(=O)O)O[C@H](CO)[C@@H](O)[C@@H]1O. The summed E-state index contributed by atoms with van der Waals surface area (Å²) in [5, 5.41) is 70.4. The van der Waals surface area contributed by atoms with Crippen LogP contribution in [0.5, 0.6) is 5.75 Å². The molecule has 15 heteroatoms. The fourth-order valence-electron chi connectivity index (χ4n) is 3.45. The number of nitro benzene ring substituents is 1. The summed E-state index contributed by atoms with van der Waals surface area (Å²) in [7, 11) is 0. The van der Waals surface area contributed by atoms with Crippen molar-refractivity contribution in [3.05, 3.63) is 34.4 Å². The van der Waals surface area contributed by atoms with Crippen LogP contribution in [0.2, 0.25) is 0 Å². The summed E-state index contributed by atoms with van der Waals surface area (Å²) in [6.07, 6.45) is -15.1. The predicted molar refractivity (Wildman–Crippen MR) is 103 cm³/mol. The average Bonchev–Trinajstić information content (AvgIpc) is 2.78. The van der Waals surface area contributed by atoms with Crippen LogP contribution in [0.1, 0.15) is 0 Å². The Hall–Kier alpha value is -2.47. The Kier molecular flexibility index (Phi) is 7.78. The highest BCUT2D eigenvalue weighted by Crippen LogP contribution is 2.30. The van der Waals surface area contributed by atoms with Crippen molar-refractivity contribution >= 4 is 11.7 Å². The first-order valence-corrected chi connectivity index (χ1v) is 9.74. The van der Waals surface area contributed by atoms with E-state index in [-0.39, 0.29) is 11.4 Å². The molecule has 33 heavy (non-hydrogen) atoms. The molecule has 2 aliphatic heterocycles. The van der Waals surface area contributed by atoms with Crippen LogP contribution in [0.15, 0.2) is 24.3 Å². The quantitative estimate of drug-likeness (QED) is 0.150. The van der Waals surface area contributed by atoms with Gasteiger partial charge < -0.3 is 55.3 Å². The minimum Gasteiger partial charge on any atom is -0.479 e. The lowest BCUT2D eigenvalue weighted by atomic mass is 9.96. The third kappa shape index (κ3) is 5.21. The van der Waals surface area contributed by atoms with Gasteiger partial charge in [-0.1, -0.05) is 0 Å². The molecule has 2 fully saturated rings. The molecule has 0 spiro atoms. The largest absolute Gasteiger partial charge is 0.479 e. The summed E-state index contributed by atoms with van der Waals surface area (Å²) in [6.45, 7) is -0.718. The molecule has 10 atom stereocenters. The van der Waals surface area contributed by atoms with E-state index in [1.807, 2.05) is 0 Å². The number of benzene rings is 1. The van der Waals surface area contributed by atoms with Gasteiger partial charge in [0, 0.05) is 12.1 Å². The van der Waals surface area contributed by atoms with Gasteiger partial charge in [-0.3, -0.25) is 10.1 Å². The maximum atomic E-state index is 11.8. The number of aliphatic hydroxyl groups is 5. The number of carboxylic acids is 1. The standard InChI is InChI=1S/C18H24N2O13/c19-9-11(23)10(22)8(5-21)31-17(9)32-14-12(24)13(25)18(33-15(14)16(26)27)30-7-3-1-6(2-4-7)20(28)29/h1-4,8-15,17-18,21-25H,5,19H2,(H,26,27)/t8-,9-,10-,11-,12-,13-,14+,15+,17-,18-/m1/s1. The Morgan fingerprint density at radius 3 is 2.21 bits per heavy atom. The first kappa shape index (κ1) is 25.2. The van der Waals surface area contributed by atoms with E-state index < -0.39 is 78.8 Å². The number of aliphatic carboxylic acids is 1. The molecule has 184 valence electrons. The van der Waals surface area contributed by atoms with E-state index in [0.717, 1.165) is 12.1 Å². The van der Waals surface area contributed by atoms with Gasteiger partial charge in [-0.05, 0) is 12.1 Å². The second kappa shape index (κ2) is 10.2. The molecule has 15 nitrogen and oxygen atoms in total. The van der Waals surface area contributed by atoms with Crippen LogP contribution in [0.3, 0.4) is 0 Å². The maximum Gasteiger partial charge on any atom is 0.335 e. The molecule has 0 aromatic heterocycles. The van der Waals surface area contributed by atoms with Crippen LogP contribution in [0.25, 0.3) is 0 Å². The second-order valence-electron chi connectivity index (χ2n) is 7.50. The van der Waals surface area contributed by atoms with Gasteiger partial charge in [-0.2, -0.15) is 0 Å². The van der Waals surface area contributed by atoms with Crippen molar-refractivity contribution in [1.29, 1.82) is 0 Å². The van der Waals surface area contributed by atoms with Gasteiger partial charge in [0.1, 0.15) is 42.4 Å². The zero-order valence-electron chi connectivity index (χ0n) is 16.9. The smallest absolute Gasteiger partial charge is 0.335 e. The van der Waals surface area contributed by atoms with Crippen LogP contribution >= 0.6 is 0 Å². The third-order valence-corrected chi connectivity index (χ3v) is 5.31. The van der Waals surface area contributed by atoms with E-state index in [4.69, 9.17) is 24.7 Å². The molecule has 2 heterocycles. The molecule has 1 aromatic rings. The number of rotatable bonds is 7. The fourth-order valence-corrected chi connectivity index (χ4v) is 3.45. The molecule has 8 N–H and O–H groups in total. The summed E-state index contributed by atoms with van der Waals surface area (Å²) in [4.78, 5) is 21.9. The molecule has 0 radical (unpaired) electrons. The lowest BCUT2D eigenvalue weighted by Gasteiger charge is -2.45. The number of aliphatic hydroxyl groups excluding tert-OH is 5. The Balaban J connectivity index is 1.75. The van der Waals surface area contributed by atoms with Crippen molar-refractivity contribution in [3.8, 4) is 5.75 Å². The second-order valence-corrected chi connectivity index (χ2v) is 7.50. The Morgan fingerprint density at radius 1 is 1.03 bits per heavy atom. The number of ether oxygens (including phenoxy) is 4. The van der Waals surface area contributed by atoms with Crippen molar-refractivity contribution in [2.24, 2.45) is 5.73 Å². The van der Waals surface area contributed by atoms with E-state index in [1.165, 1.54) is 12.1 Å². The van der Waals surface area contributed by atoms with E-state index in [1.54, 1.807) is 0 Å². The highest BCUT2D eigenvalue weighted by Gasteiger charge is 2.52. The summed E-state index contributed by atoms with van der Waals surface area (Å²) >= 11 is 0. The number of hydrogen-bond donors (Lipinski definition) is 7. The fraction of sp³-hybridized carbons (Fsp3) is 0.611. The number of nitrogens with two attached hydrogens (primary N) is 1. The molecular weight excluding hydrogens is 452 g/mol. The monoisotopic (exact) mass is 476 g/mol. The van der Waals surface area contributed by atoms with Gasteiger partial charge >= 0.3 is 5.97 Å². The van der Waals surface area contributed by atoms with Crippen LogP contribution in [-0.4, -0.2) is 109 Å². The van der Waals surface area contributed by atoms with Crippen molar-refractivity contribution in [3.63, 3.8) is 0 Å². The lowest BCUT2D eigenvalue weighted by molar-refractivity contribution is -0.384. The van der Waals surface area contributed by atoms with E-state index in [9.17, 15) is 45.5 Å². The van der Waals surface area contributed by atoms with Gasteiger partial charge in [-0.25, -0.2) is 4.79 Å². The van der Waals surface area contributed by atoms with Gasteiger partial charge in [0.25, 0.3) is 5.69 Å². The molecule has 0 aliphatic carbocycles. The van der Waals surface area contributed by atoms with Gasteiger partial charge in [0.15, 0.2) is 12.4 Å². The molecule has 0 unspecified atom stereocenters. The van der Waals surface area contributed by atoms with E-state index in [2.05, 4.69) is 0 Å². The molecule has 2 aliphatic rings. The summed E-state index contributed by atoms with van der Waals surface area (Å²) in [6, 6.07) is 3.21. The summed E-state index contributed by atoms with van der Waals surface area (Å²) in [5.74, 6) is -1.62. The van der Waals surface area contributed by atoms with Gasteiger partial charge in [0.2, 0.25) is 6.29 Å². The number of nitro groups is 1. The zero-order chi connectivity index (χ0) is 24.4. The van der Waals surface area contributed by atoms with E-state index >= 15 is 0 Å². The van der Waals surface area contributed by atoms with Gasteiger partial charge in [0.05, 0.1) is 17.6 Å². The number of hydrogen-bond acceptors (Lipinski definition) is 13. The minimum atomic E-state index is -1.91. The summed E-state index contributed by atoms with van der Waals surface area (Å²) < 4.78 is 21.3. The first-order chi connectivity index (χ1) is 15.5. The molecule has 3 rings (SSSR count). The molecular formula is C18H24N2O13. The highest BCUT2D eigenvalue weighted by atomic mass is 16.7. The van der Waals surface area contributed by atoms with Crippen molar-refractivity contribution in [2.75, 3.05) is 6.61 Å². The lowest BCUT2D eigenvalue weighted by Crippen LogP contribution is -2.67. The van der Waals surface area contributed by atoms with E-state index in [0.29, 0.717) is 0 Å². The zero-order valence-corrected chi connectivity index (χ0v) is 16.9. The number of carbonyl (C=O) groups is 1. The Morgan fingerprint density at radius 2 is 1.67 bits per heavy atom. The highest BCUT2D eigenvalue weighted by molar-refractivity contribution is 5.73. The molecule has 0 amide bonds. The normalized spacial score (nSPS) is 39.1. The molecule has 0 bridgehead atoms. The number of non-ortho nitro benzene ring substituents is 1. The summed E-state index contributed by atoms with van der Waals surface area (Å²) in [5.41, 5.74) is 5.53. The van der Waals surface area contributed by atoms with Crippen molar-refractivity contribution in [2.45, 2.75) is 61.3 Å². The van der Waals surface area contributed by atoms with Gasteiger partial charge in [-0.15, -0.1) is 0 Å². The Bertz CT molecular complexity index is 837. The molecule has 0 saturated carbocycles. The number of nitrogens with zero attached hydrogens (tertiary/aromatic N) is 1. The van der Waals surface area contributed by atoms with Crippen molar-refractivity contribution < 1.29 is 59.3 Å². The topological polar surface area (TPSA) is 245 Å². The van der Waals surface area contributed by atoms with Crippen LogP contribution in [0.4, 0.5) is 5.69 Å². The Labute approximate surface area is 185 Å². The minimum absolute atomic E-state index is 0.0131. The predicted octanol–water partition coefficient (Wildman–Crippen LogP) is -3.34. The average molecular weight is 476 g/mol. The molecule has 2 saturated heterocycles. The number of carboxylic acid groups (broad SMARTS) is 1. The van der Waals surface area contributed by atoms with Crippen LogP contribution in [0, 0.1) is 10.1 Å². The molecule has 1 aromatic carbocycles. The van der Waals surface area contributed by atoms with Crippen LogP contribution in [-0.2, 0) is 19.0 Å². The maximum absolute atomic E-state index is 11.8. The van der Waals surface area contributed by atoms with Crippen LogP contribution < -0.4 is 10.5 Å². The van der Waals surface area contributed by atoms with Crippen molar-refractivity contribution in [1.82, 2.24) is 0 Å².